The number of hydrogen-bond donors (Lipinski definition) is 0. The summed E-state index contributed by atoms with van der Waals surface area (Å²) < 4.78 is 1.28. The number of anilines is 1. The van der Waals surface area contributed by atoms with E-state index in [2.05, 4.69) is 90.0 Å². The van der Waals surface area contributed by atoms with Crippen molar-refractivity contribution in [3.05, 3.63) is 63.2 Å². The van der Waals surface area contributed by atoms with E-state index in [9.17, 15) is 0 Å². The van der Waals surface area contributed by atoms with Crippen LogP contribution in [0.1, 0.15) is 18.1 Å². The first-order valence-corrected chi connectivity index (χ1v) is 7.31. The second-order valence-corrected chi connectivity index (χ2v) is 5.75. The molecule has 2 heteroatoms. The van der Waals surface area contributed by atoms with Gasteiger partial charge in [0.15, 0.2) is 0 Å². The molecule has 94 valence electrons. The molecule has 0 saturated carbocycles. The Morgan fingerprint density at radius 3 is 2.00 bits per heavy atom. The predicted molar refractivity (Wildman–Crippen MR) is 87.1 cm³/mol. The summed E-state index contributed by atoms with van der Waals surface area (Å²) in [5, 5.41) is 0. The number of aryl methyl sites for hydroxylation is 1. The van der Waals surface area contributed by atoms with Crippen molar-refractivity contribution in [2.24, 2.45) is 0 Å². The van der Waals surface area contributed by atoms with Gasteiger partial charge in [-0.15, -0.1) is 0 Å². The van der Waals surface area contributed by atoms with Crippen molar-refractivity contribution in [3.8, 4) is 0 Å². The molecule has 0 amide bonds. The van der Waals surface area contributed by atoms with Crippen LogP contribution in [0.4, 0.5) is 5.69 Å². The van der Waals surface area contributed by atoms with Crippen LogP contribution in [0.15, 0.2) is 48.5 Å². The fourth-order valence-electron chi connectivity index (χ4n) is 1.94. The van der Waals surface area contributed by atoms with Crippen LogP contribution in [0.5, 0.6) is 0 Å². The third-order valence-corrected chi connectivity index (χ3v) is 3.84. The highest BCUT2D eigenvalue weighted by molar-refractivity contribution is 14.1. The Labute approximate surface area is 123 Å². The van der Waals surface area contributed by atoms with Crippen LogP contribution in [-0.2, 0) is 13.0 Å². The highest BCUT2D eigenvalue weighted by Crippen LogP contribution is 2.17. The quantitative estimate of drug-likeness (QED) is 0.734. The van der Waals surface area contributed by atoms with E-state index >= 15 is 0 Å². The first-order valence-electron chi connectivity index (χ1n) is 6.23. The van der Waals surface area contributed by atoms with Gasteiger partial charge in [-0.1, -0.05) is 31.2 Å². The third-order valence-electron chi connectivity index (χ3n) is 3.12. The molecule has 1 nitrogen and oxygen atoms in total. The summed E-state index contributed by atoms with van der Waals surface area (Å²) >= 11 is 2.34. The number of halogens is 1. The lowest BCUT2D eigenvalue weighted by atomic mass is 10.1. The van der Waals surface area contributed by atoms with Gasteiger partial charge in [0.05, 0.1) is 0 Å². The standard InChI is InChI=1S/C16H18IN/c1-3-13-6-10-16(11-7-13)18(2)12-14-4-8-15(17)9-5-14/h4-11H,3,12H2,1-2H3. The molecular formula is C16H18IN. The van der Waals surface area contributed by atoms with Gasteiger partial charge in [0, 0.05) is 22.8 Å². The molecule has 0 N–H and O–H groups in total. The van der Waals surface area contributed by atoms with Gasteiger partial charge in [-0.25, -0.2) is 0 Å². The van der Waals surface area contributed by atoms with Gasteiger partial charge in [-0.3, -0.25) is 0 Å². The Kier molecular flexibility index (Phi) is 4.64. The average molecular weight is 351 g/mol. The zero-order valence-electron chi connectivity index (χ0n) is 10.9. The zero-order valence-corrected chi connectivity index (χ0v) is 13.0. The highest BCUT2D eigenvalue weighted by atomic mass is 127. The minimum atomic E-state index is 0.947. The van der Waals surface area contributed by atoms with Crippen LogP contribution < -0.4 is 4.90 Å². The third kappa shape index (κ3) is 3.48. The van der Waals surface area contributed by atoms with Crippen molar-refractivity contribution in [2.45, 2.75) is 19.9 Å². The summed E-state index contributed by atoms with van der Waals surface area (Å²) in [6.45, 7) is 3.13. The van der Waals surface area contributed by atoms with Crippen LogP contribution in [-0.4, -0.2) is 7.05 Å². The fourth-order valence-corrected chi connectivity index (χ4v) is 2.30. The van der Waals surface area contributed by atoms with E-state index in [-0.39, 0.29) is 0 Å². The lowest BCUT2D eigenvalue weighted by Crippen LogP contribution is -2.16. The molecule has 0 saturated heterocycles. The molecule has 0 fully saturated rings. The van der Waals surface area contributed by atoms with Gasteiger partial charge in [0.2, 0.25) is 0 Å². The van der Waals surface area contributed by atoms with Crippen molar-refractivity contribution in [1.82, 2.24) is 0 Å². The van der Waals surface area contributed by atoms with E-state index in [0.29, 0.717) is 0 Å². The molecular weight excluding hydrogens is 333 g/mol. The lowest BCUT2D eigenvalue weighted by Gasteiger charge is -2.19. The Morgan fingerprint density at radius 1 is 0.889 bits per heavy atom. The summed E-state index contributed by atoms with van der Waals surface area (Å²) in [6.07, 6.45) is 1.10. The van der Waals surface area contributed by atoms with Crippen LogP contribution in [0.3, 0.4) is 0 Å². The lowest BCUT2D eigenvalue weighted by molar-refractivity contribution is 0.921. The number of rotatable bonds is 4. The van der Waals surface area contributed by atoms with Crippen LogP contribution in [0.25, 0.3) is 0 Å². The maximum absolute atomic E-state index is 2.34. The molecule has 2 aromatic carbocycles. The van der Waals surface area contributed by atoms with E-state index in [1.807, 2.05) is 0 Å². The SMILES string of the molecule is CCc1ccc(N(C)Cc2ccc(I)cc2)cc1. The van der Waals surface area contributed by atoms with Crippen molar-refractivity contribution in [2.75, 3.05) is 11.9 Å². The normalized spacial score (nSPS) is 10.4. The van der Waals surface area contributed by atoms with Crippen LogP contribution >= 0.6 is 22.6 Å². The fraction of sp³-hybridized carbons (Fsp3) is 0.250. The minimum Gasteiger partial charge on any atom is -0.370 e. The van der Waals surface area contributed by atoms with Gasteiger partial charge >= 0.3 is 0 Å². The molecule has 2 aromatic rings. The summed E-state index contributed by atoms with van der Waals surface area (Å²) in [5.74, 6) is 0. The average Bonchev–Trinajstić information content (AvgIpc) is 2.41. The van der Waals surface area contributed by atoms with Crippen molar-refractivity contribution in [1.29, 1.82) is 0 Å². The molecule has 0 aliphatic heterocycles. The van der Waals surface area contributed by atoms with Crippen molar-refractivity contribution >= 4 is 28.3 Å². The van der Waals surface area contributed by atoms with E-state index in [0.717, 1.165) is 13.0 Å². The second kappa shape index (κ2) is 6.23. The monoisotopic (exact) mass is 351 g/mol. The highest BCUT2D eigenvalue weighted by Gasteiger charge is 2.02. The van der Waals surface area contributed by atoms with Gasteiger partial charge < -0.3 is 4.90 Å². The van der Waals surface area contributed by atoms with Crippen molar-refractivity contribution < 1.29 is 0 Å². The van der Waals surface area contributed by atoms with E-state index in [1.165, 1.54) is 20.4 Å². The first-order chi connectivity index (χ1) is 8.69. The Balaban J connectivity index is 2.06. The molecule has 0 radical (unpaired) electrons. The molecule has 18 heavy (non-hydrogen) atoms. The first kappa shape index (κ1) is 13.4. The maximum atomic E-state index is 2.34. The number of nitrogens with zero attached hydrogens (tertiary/aromatic N) is 1. The van der Waals surface area contributed by atoms with E-state index in [1.54, 1.807) is 0 Å². The minimum absolute atomic E-state index is 0.947. The molecule has 0 atom stereocenters. The predicted octanol–water partition coefficient (Wildman–Crippen LogP) is 4.49. The van der Waals surface area contributed by atoms with Gasteiger partial charge in [0.1, 0.15) is 0 Å². The molecule has 0 bridgehead atoms. The molecule has 0 spiro atoms. The Morgan fingerprint density at radius 2 is 1.44 bits per heavy atom. The number of hydrogen-bond acceptors (Lipinski definition) is 1. The summed E-state index contributed by atoms with van der Waals surface area (Å²) in [6, 6.07) is 17.5. The Hall–Kier alpha value is -1.03. The molecule has 2 rings (SSSR count). The molecule has 0 aliphatic rings. The largest absolute Gasteiger partial charge is 0.370 e. The zero-order chi connectivity index (χ0) is 13.0. The Bertz CT molecular complexity index is 488. The van der Waals surface area contributed by atoms with E-state index < -0.39 is 0 Å². The smallest absolute Gasteiger partial charge is 0.0426 e. The molecule has 0 unspecified atom stereocenters. The summed E-state index contributed by atoms with van der Waals surface area (Å²) in [4.78, 5) is 2.28. The molecule has 0 heterocycles. The maximum Gasteiger partial charge on any atom is 0.0426 e. The summed E-state index contributed by atoms with van der Waals surface area (Å²) in [7, 11) is 2.14. The van der Waals surface area contributed by atoms with Gasteiger partial charge in [0.25, 0.3) is 0 Å². The molecule has 0 aliphatic carbocycles. The molecule has 0 aromatic heterocycles. The van der Waals surface area contributed by atoms with Gasteiger partial charge in [-0.05, 0) is 64.4 Å². The second-order valence-electron chi connectivity index (χ2n) is 4.50. The van der Waals surface area contributed by atoms with Crippen molar-refractivity contribution in [3.63, 3.8) is 0 Å². The van der Waals surface area contributed by atoms with E-state index in [4.69, 9.17) is 0 Å². The number of benzene rings is 2. The van der Waals surface area contributed by atoms with Crippen LogP contribution in [0, 0.1) is 3.57 Å². The van der Waals surface area contributed by atoms with Gasteiger partial charge in [-0.2, -0.15) is 0 Å². The summed E-state index contributed by atoms with van der Waals surface area (Å²) in [5.41, 5.74) is 4.00. The van der Waals surface area contributed by atoms with Crippen LogP contribution in [0.2, 0.25) is 0 Å². The topological polar surface area (TPSA) is 3.24 Å².